The van der Waals surface area contributed by atoms with Crippen LogP contribution in [0.3, 0.4) is 0 Å². The molecule has 0 bridgehead atoms. The van der Waals surface area contributed by atoms with Crippen molar-refractivity contribution in [1.82, 2.24) is 5.32 Å². The summed E-state index contributed by atoms with van der Waals surface area (Å²) in [5.41, 5.74) is 0.986. The number of hydrogen-bond acceptors (Lipinski definition) is 4. The van der Waals surface area contributed by atoms with Crippen LogP contribution in [0.25, 0.3) is 0 Å². The van der Waals surface area contributed by atoms with Crippen molar-refractivity contribution < 1.29 is 13.0 Å². The molecule has 1 aromatic rings. The molecule has 104 valence electrons. The standard InChI is InChI=1S/C10H11BrClN3O3S/c11-9-6(5-8-13-3-4-14-8)1-2-7(10(9)12)15-19(16,17)18/h1-2,15H,3-5H2,(H,13,14)(H,16,17,18). The van der Waals surface area contributed by atoms with Crippen LogP contribution in [0.5, 0.6) is 0 Å². The van der Waals surface area contributed by atoms with E-state index in [2.05, 4.69) is 26.2 Å². The van der Waals surface area contributed by atoms with Gasteiger partial charge in [-0.2, -0.15) is 8.42 Å². The van der Waals surface area contributed by atoms with Crippen molar-refractivity contribution in [2.45, 2.75) is 6.42 Å². The van der Waals surface area contributed by atoms with E-state index in [9.17, 15) is 8.42 Å². The summed E-state index contributed by atoms with van der Waals surface area (Å²) in [7, 11) is -4.34. The number of halogens is 2. The summed E-state index contributed by atoms with van der Waals surface area (Å²) in [6, 6.07) is 3.21. The van der Waals surface area contributed by atoms with Gasteiger partial charge in [0.25, 0.3) is 0 Å². The average Bonchev–Trinajstić information content (AvgIpc) is 2.80. The maximum atomic E-state index is 10.8. The van der Waals surface area contributed by atoms with Crippen molar-refractivity contribution in [2.75, 3.05) is 17.8 Å². The first kappa shape index (κ1) is 14.6. The lowest BCUT2D eigenvalue weighted by atomic mass is 10.1. The maximum absolute atomic E-state index is 10.8. The Kier molecular flexibility index (Phi) is 4.34. The number of anilines is 1. The molecule has 0 unspecified atom stereocenters. The summed E-state index contributed by atoms with van der Waals surface area (Å²) < 4.78 is 32.8. The Balaban J connectivity index is 2.26. The largest absolute Gasteiger partial charge is 0.372 e. The Hall–Kier alpha value is -0.830. The van der Waals surface area contributed by atoms with Crippen LogP contribution in [0.15, 0.2) is 21.6 Å². The summed E-state index contributed by atoms with van der Waals surface area (Å²) in [5.74, 6) is 0.868. The van der Waals surface area contributed by atoms with Crippen molar-refractivity contribution in [3.8, 4) is 0 Å². The lowest BCUT2D eigenvalue weighted by Crippen LogP contribution is -2.20. The zero-order valence-electron chi connectivity index (χ0n) is 9.65. The molecule has 1 aliphatic heterocycles. The van der Waals surface area contributed by atoms with E-state index in [-0.39, 0.29) is 10.7 Å². The Morgan fingerprint density at radius 2 is 2.26 bits per heavy atom. The van der Waals surface area contributed by atoms with Crippen molar-refractivity contribution >= 4 is 49.4 Å². The number of hydrogen-bond donors (Lipinski definition) is 3. The van der Waals surface area contributed by atoms with E-state index in [1.807, 2.05) is 4.72 Å². The second-order valence-corrected chi connectivity index (χ2v) is 6.23. The van der Waals surface area contributed by atoms with E-state index >= 15 is 0 Å². The number of rotatable bonds is 4. The van der Waals surface area contributed by atoms with Gasteiger partial charge in [0.1, 0.15) is 5.84 Å². The van der Waals surface area contributed by atoms with Crippen LogP contribution in [0.4, 0.5) is 5.69 Å². The van der Waals surface area contributed by atoms with E-state index in [4.69, 9.17) is 16.2 Å². The Morgan fingerprint density at radius 1 is 1.53 bits per heavy atom. The monoisotopic (exact) mass is 367 g/mol. The first-order valence-electron chi connectivity index (χ1n) is 5.36. The van der Waals surface area contributed by atoms with Crippen LogP contribution in [0, 0.1) is 0 Å². The van der Waals surface area contributed by atoms with Crippen molar-refractivity contribution in [3.05, 3.63) is 27.2 Å². The average molecular weight is 369 g/mol. The van der Waals surface area contributed by atoms with Gasteiger partial charge in [0, 0.05) is 17.4 Å². The third-order valence-corrected chi connectivity index (χ3v) is 4.51. The zero-order chi connectivity index (χ0) is 14.0. The first-order chi connectivity index (χ1) is 8.87. The first-order valence-corrected chi connectivity index (χ1v) is 7.97. The van der Waals surface area contributed by atoms with E-state index in [0.717, 1.165) is 24.5 Å². The molecule has 0 fully saturated rings. The van der Waals surface area contributed by atoms with E-state index in [1.165, 1.54) is 6.07 Å². The summed E-state index contributed by atoms with van der Waals surface area (Å²) >= 11 is 9.36. The Labute approximate surface area is 124 Å². The number of nitrogens with zero attached hydrogens (tertiary/aromatic N) is 1. The number of nitrogens with one attached hydrogen (secondary N) is 2. The minimum absolute atomic E-state index is 0.112. The topological polar surface area (TPSA) is 90.8 Å². The van der Waals surface area contributed by atoms with Gasteiger partial charge in [0.15, 0.2) is 0 Å². The quantitative estimate of drug-likeness (QED) is 0.708. The highest BCUT2D eigenvalue weighted by Gasteiger charge is 2.15. The molecule has 0 atom stereocenters. The predicted octanol–water partition coefficient (Wildman–Crippen LogP) is 1.86. The molecule has 0 saturated heterocycles. The van der Waals surface area contributed by atoms with E-state index < -0.39 is 10.3 Å². The molecule has 9 heteroatoms. The van der Waals surface area contributed by atoms with Gasteiger partial charge >= 0.3 is 10.3 Å². The molecule has 0 saturated carbocycles. The molecular weight excluding hydrogens is 358 g/mol. The molecular formula is C10H11BrClN3O3S. The molecule has 0 radical (unpaired) electrons. The SMILES string of the molecule is O=S(=O)(O)Nc1ccc(CC2=NCCN2)c(Br)c1Cl. The molecule has 19 heavy (non-hydrogen) atoms. The fourth-order valence-electron chi connectivity index (χ4n) is 1.69. The summed E-state index contributed by atoms with van der Waals surface area (Å²) in [4.78, 5) is 4.27. The highest BCUT2D eigenvalue weighted by atomic mass is 79.9. The third-order valence-electron chi connectivity index (χ3n) is 2.50. The molecule has 1 aromatic carbocycles. The number of benzene rings is 1. The van der Waals surface area contributed by atoms with Gasteiger partial charge in [-0.15, -0.1) is 0 Å². The minimum Gasteiger partial charge on any atom is -0.372 e. The summed E-state index contributed by atoms with van der Waals surface area (Å²) in [6.45, 7) is 1.58. The predicted molar refractivity (Wildman–Crippen MR) is 78.3 cm³/mol. The molecule has 1 heterocycles. The molecule has 0 aliphatic carbocycles. The zero-order valence-corrected chi connectivity index (χ0v) is 12.8. The molecule has 0 aromatic heterocycles. The van der Waals surface area contributed by atoms with Crippen LogP contribution >= 0.6 is 27.5 Å². The van der Waals surface area contributed by atoms with Gasteiger partial charge in [-0.25, -0.2) is 0 Å². The smallest absolute Gasteiger partial charge is 0.357 e. The van der Waals surface area contributed by atoms with Gasteiger partial charge in [-0.3, -0.25) is 14.3 Å². The fourth-order valence-corrected chi connectivity index (χ4v) is 2.91. The second kappa shape index (κ2) is 5.66. The highest BCUT2D eigenvalue weighted by Crippen LogP contribution is 2.34. The van der Waals surface area contributed by atoms with E-state index in [1.54, 1.807) is 6.07 Å². The normalized spacial score (nSPS) is 15.0. The maximum Gasteiger partial charge on any atom is 0.357 e. The highest BCUT2D eigenvalue weighted by molar-refractivity contribution is 9.10. The fraction of sp³-hybridized carbons (Fsp3) is 0.300. The van der Waals surface area contributed by atoms with Crippen LogP contribution in [-0.4, -0.2) is 31.9 Å². The number of aliphatic imine (C=N–C) groups is 1. The second-order valence-electron chi connectivity index (χ2n) is 3.91. The molecule has 2 rings (SSSR count). The van der Waals surface area contributed by atoms with Crippen molar-refractivity contribution in [3.63, 3.8) is 0 Å². The van der Waals surface area contributed by atoms with Gasteiger partial charge in [0.05, 0.1) is 17.3 Å². The van der Waals surface area contributed by atoms with Gasteiger partial charge in [-0.05, 0) is 27.6 Å². The summed E-state index contributed by atoms with van der Waals surface area (Å²) in [6.07, 6.45) is 0.576. The van der Waals surface area contributed by atoms with Crippen LogP contribution in [0.2, 0.25) is 5.02 Å². The van der Waals surface area contributed by atoms with Gasteiger partial charge < -0.3 is 5.32 Å². The van der Waals surface area contributed by atoms with Crippen LogP contribution in [0.1, 0.15) is 5.56 Å². The van der Waals surface area contributed by atoms with Crippen LogP contribution in [-0.2, 0) is 16.7 Å². The number of amidine groups is 1. The van der Waals surface area contributed by atoms with Crippen molar-refractivity contribution in [1.29, 1.82) is 0 Å². The third kappa shape index (κ3) is 3.82. The van der Waals surface area contributed by atoms with Gasteiger partial charge in [-0.1, -0.05) is 17.7 Å². The molecule has 0 amide bonds. The van der Waals surface area contributed by atoms with Crippen LogP contribution < -0.4 is 10.0 Å². The Morgan fingerprint density at radius 3 is 2.84 bits per heavy atom. The van der Waals surface area contributed by atoms with E-state index in [0.29, 0.717) is 10.9 Å². The summed E-state index contributed by atoms with van der Waals surface area (Å²) in [5, 5.41) is 3.33. The van der Waals surface area contributed by atoms with Gasteiger partial charge in [0.2, 0.25) is 0 Å². The Bertz CT molecular complexity index is 633. The molecule has 1 aliphatic rings. The van der Waals surface area contributed by atoms with Crippen molar-refractivity contribution in [2.24, 2.45) is 4.99 Å². The lowest BCUT2D eigenvalue weighted by Gasteiger charge is -2.11. The lowest BCUT2D eigenvalue weighted by molar-refractivity contribution is 0.489. The molecule has 6 nitrogen and oxygen atoms in total. The molecule has 3 N–H and O–H groups in total. The molecule has 0 spiro atoms. The minimum atomic E-state index is -4.34.